The predicted molar refractivity (Wildman–Crippen MR) is 104 cm³/mol. The van der Waals surface area contributed by atoms with Crippen LogP contribution in [0, 0.1) is 0 Å². The van der Waals surface area contributed by atoms with Gasteiger partial charge in [-0.2, -0.15) is 0 Å². The van der Waals surface area contributed by atoms with E-state index in [1.165, 1.54) is 42.6 Å². The monoisotopic (exact) mass is 409 g/mol. The van der Waals surface area contributed by atoms with Crippen molar-refractivity contribution in [3.05, 3.63) is 83.6 Å². The highest BCUT2D eigenvalue weighted by atomic mass is 32.2. The molecule has 2 N–H and O–H groups in total. The molecule has 1 aliphatic rings. The second-order valence-electron chi connectivity index (χ2n) is 6.34. The van der Waals surface area contributed by atoms with Crippen LogP contribution in [-0.4, -0.2) is 34.6 Å². The van der Waals surface area contributed by atoms with Gasteiger partial charge in [-0.05, 0) is 42.0 Å². The number of hydrogen-bond acceptors (Lipinski definition) is 6. The molecule has 0 unspecified atom stereocenters. The van der Waals surface area contributed by atoms with Crippen LogP contribution in [0.3, 0.4) is 0 Å². The minimum Gasteiger partial charge on any atom is -0.504 e. The third-order valence-electron chi connectivity index (χ3n) is 4.47. The number of sulfonamides is 1. The molecule has 0 bridgehead atoms. The normalized spacial score (nSPS) is 14.5. The SMILES string of the molecule is O=C(Nc1ncccc1O)c1ccc(CN2C(=O)c3ccccc3S2(=O)=O)cc1. The van der Waals surface area contributed by atoms with Crippen molar-refractivity contribution in [2.45, 2.75) is 11.4 Å². The lowest BCUT2D eigenvalue weighted by Crippen LogP contribution is -2.29. The van der Waals surface area contributed by atoms with E-state index < -0.39 is 21.8 Å². The summed E-state index contributed by atoms with van der Waals surface area (Å²) in [4.78, 5) is 28.7. The van der Waals surface area contributed by atoms with E-state index in [1.807, 2.05) is 0 Å². The third-order valence-corrected chi connectivity index (χ3v) is 6.26. The Kier molecular flexibility index (Phi) is 4.51. The van der Waals surface area contributed by atoms with Gasteiger partial charge in [0.1, 0.15) is 4.90 Å². The number of anilines is 1. The lowest BCUT2D eigenvalue weighted by molar-refractivity contribution is 0.0864. The minimum atomic E-state index is -3.90. The highest BCUT2D eigenvalue weighted by Crippen LogP contribution is 2.31. The Bertz CT molecular complexity index is 1220. The number of nitrogens with one attached hydrogen (secondary N) is 1. The zero-order valence-electron chi connectivity index (χ0n) is 14.9. The maximum absolute atomic E-state index is 12.6. The lowest BCUT2D eigenvalue weighted by Gasteiger charge is -2.15. The molecule has 146 valence electrons. The number of benzene rings is 2. The molecule has 1 aromatic heterocycles. The van der Waals surface area contributed by atoms with Gasteiger partial charge in [0.15, 0.2) is 11.6 Å². The molecule has 0 radical (unpaired) electrons. The summed E-state index contributed by atoms with van der Waals surface area (Å²) in [6.07, 6.45) is 1.43. The second-order valence-corrected chi connectivity index (χ2v) is 8.17. The van der Waals surface area contributed by atoms with Crippen LogP contribution in [0.25, 0.3) is 0 Å². The van der Waals surface area contributed by atoms with Crippen molar-refractivity contribution in [3.8, 4) is 5.75 Å². The first-order valence-corrected chi connectivity index (χ1v) is 10.0. The number of aromatic nitrogens is 1. The summed E-state index contributed by atoms with van der Waals surface area (Å²) in [5, 5.41) is 12.2. The lowest BCUT2D eigenvalue weighted by atomic mass is 10.1. The van der Waals surface area contributed by atoms with E-state index in [0.717, 1.165) is 4.31 Å². The van der Waals surface area contributed by atoms with Crippen molar-refractivity contribution in [3.63, 3.8) is 0 Å². The summed E-state index contributed by atoms with van der Waals surface area (Å²) >= 11 is 0. The summed E-state index contributed by atoms with van der Waals surface area (Å²) in [5.41, 5.74) is 0.989. The molecule has 0 spiro atoms. The molecule has 4 rings (SSSR count). The third kappa shape index (κ3) is 3.32. The van der Waals surface area contributed by atoms with Gasteiger partial charge in [-0.1, -0.05) is 24.3 Å². The Labute approximate surface area is 166 Å². The van der Waals surface area contributed by atoms with Crippen LogP contribution >= 0.6 is 0 Å². The van der Waals surface area contributed by atoms with E-state index in [4.69, 9.17) is 0 Å². The molecule has 2 heterocycles. The first-order valence-electron chi connectivity index (χ1n) is 8.58. The van der Waals surface area contributed by atoms with Gasteiger partial charge in [-0.3, -0.25) is 9.59 Å². The molecule has 0 fully saturated rings. The Morgan fingerprint density at radius 2 is 1.76 bits per heavy atom. The number of carbonyl (C=O) groups excluding carboxylic acids is 2. The smallest absolute Gasteiger partial charge is 0.269 e. The van der Waals surface area contributed by atoms with Gasteiger partial charge in [0.05, 0.1) is 12.1 Å². The number of carbonyl (C=O) groups is 2. The van der Waals surface area contributed by atoms with E-state index >= 15 is 0 Å². The van der Waals surface area contributed by atoms with Crippen LogP contribution in [0.4, 0.5) is 5.82 Å². The average molecular weight is 409 g/mol. The van der Waals surface area contributed by atoms with E-state index in [1.54, 1.807) is 24.3 Å². The van der Waals surface area contributed by atoms with Crippen LogP contribution < -0.4 is 5.32 Å². The maximum atomic E-state index is 12.6. The molecule has 2 amide bonds. The quantitative estimate of drug-likeness (QED) is 0.683. The highest BCUT2D eigenvalue weighted by molar-refractivity contribution is 7.90. The number of hydrogen-bond donors (Lipinski definition) is 2. The molecule has 0 saturated carbocycles. The fourth-order valence-corrected chi connectivity index (χ4v) is 4.54. The topological polar surface area (TPSA) is 117 Å². The minimum absolute atomic E-state index is 0.00355. The predicted octanol–water partition coefficient (Wildman–Crippen LogP) is 2.38. The second kappa shape index (κ2) is 7.02. The number of pyridine rings is 1. The van der Waals surface area contributed by atoms with Gasteiger partial charge in [0, 0.05) is 11.8 Å². The molecule has 8 nitrogen and oxygen atoms in total. The number of aromatic hydroxyl groups is 1. The van der Waals surface area contributed by atoms with Gasteiger partial charge >= 0.3 is 0 Å². The standard InChI is InChI=1S/C20H15N3O5S/c24-16-5-3-11-21-18(16)22-19(25)14-9-7-13(8-10-14)12-23-20(26)15-4-1-2-6-17(15)29(23,27)28/h1-11,24H,12H2,(H,21,22,25). The Morgan fingerprint density at radius 1 is 1.03 bits per heavy atom. The van der Waals surface area contributed by atoms with Crippen molar-refractivity contribution >= 4 is 27.7 Å². The zero-order valence-corrected chi connectivity index (χ0v) is 15.8. The highest BCUT2D eigenvalue weighted by Gasteiger charge is 2.40. The van der Waals surface area contributed by atoms with Crippen LogP contribution in [0.2, 0.25) is 0 Å². The number of amides is 2. The van der Waals surface area contributed by atoms with Crippen LogP contribution in [0.15, 0.2) is 71.8 Å². The fraction of sp³-hybridized carbons (Fsp3) is 0.0500. The van der Waals surface area contributed by atoms with Crippen molar-refractivity contribution in [1.29, 1.82) is 0 Å². The Morgan fingerprint density at radius 3 is 2.45 bits per heavy atom. The summed E-state index contributed by atoms with van der Waals surface area (Å²) < 4.78 is 26.1. The molecule has 0 atom stereocenters. The van der Waals surface area contributed by atoms with Crippen molar-refractivity contribution in [2.75, 3.05) is 5.32 Å². The molecule has 1 aliphatic heterocycles. The summed E-state index contributed by atoms with van der Waals surface area (Å²) in [7, 11) is -3.90. The largest absolute Gasteiger partial charge is 0.504 e. The molecule has 29 heavy (non-hydrogen) atoms. The van der Waals surface area contributed by atoms with Gasteiger partial charge in [0.25, 0.3) is 21.8 Å². The Hall–Kier alpha value is -3.72. The molecule has 0 aliphatic carbocycles. The summed E-state index contributed by atoms with van der Waals surface area (Å²) in [5.74, 6) is -1.18. The number of rotatable bonds is 4. The molecular weight excluding hydrogens is 394 g/mol. The Balaban J connectivity index is 1.51. The number of nitrogens with zero attached hydrogens (tertiary/aromatic N) is 2. The van der Waals surface area contributed by atoms with Crippen LogP contribution in [-0.2, 0) is 16.6 Å². The fourth-order valence-electron chi connectivity index (χ4n) is 2.99. The summed E-state index contributed by atoms with van der Waals surface area (Å²) in [6, 6.07) is 15.2. The van der Waals surface area contributed by atoms with Crippen molar-refractivity contribution < 1.29 is 23.1 Å². The van der Waals surface area contributed by atoms with Crippen molar-refractivity contribution in [1.82, 2.24) is 9.29 Å². The van der Waals surface area contributed by atoms with Crippen LogP contribution in [0.5, 0.6) is 5.75 Å². The first-order chi connectivity index (χ1) is 13.9. The molecule has 9 heteroatoms. The zero-order chi connectivity index (χ0) is 20.6. The molecule has 0 saturated heterocycles. The van der Waals surface area contributed by atoms with E-state index in [0.29, 0.717) is 5.56 Å². The molecule has 2 aromatic carbocycles. The summed E-state index contributed by atoms with van der Waals surface area (Å²) in [6.45, 7) is -0.140. The van der Waals surface area contributed by atoms with Crippen molar-refractivity contribution in [2.24, 2.45) is 0 Å². The maximum Gasteiger partial charge on any atom is 0.269 e. The molecule has 3 aromatic rings. The van der Waals surface area contributed by atoms with E-state index in [2.05, 4.69) is 10.3 Å². The first kappa shape index (κ1) is 18.6. The number of fused-ring (bicyclic) bond motifs is 1. The van der Waals surface area contributed by atoms with Gasteiger partial charge in [0.2, 0.25) is 0 Å². The van der Waals surface area contributed by atoms with Gasteiger partial charge in [-0.15, -0.1) is 0 Å². The van der Waals surface area contributed by atoms with E-state index in [9.17, 15) is 23.1 Å². The van der Waals surface area contributed by atoms with Crippen LogP contribution in [0.1, 0.15) is 26.3 Å². The average Bonchev–Trinajstić information content (AvgIpc) is 2.91. The molecular formula is C20H15N3O5S. The van der Waals surface area contributed by atoms with Gasteiger partial charge < -0.3 is 10.4 Å². The van der Waals surface area contributed by atoms with E-state index in [-0.39, 0.29) is 34.1 Å². The van der Waals surface area contributed by atoms with Gasteiger partial charge in [-0.25, -0.2) is 17.7 Å².